The van der Waals surface area contributed by atoms with Gasteiger partial charge in [0.15, 0.2) is 0 Å². The first-order valence-corrected chi connectivity index (χ1v) is 4.12. The lowest BCUT2D eigenvalue weighted by atomic mass is 10.3. The first kappa shape index (κ1) is 7.82. The second kappa shape index (κ2) is 3.21. The van der Waals surface area contributed by atoms with Crippen molar-refractivity contribution in [2.24, 2.45) is 0 Å². The van der Waals surface area contributed by atoms with Gasteiger partial charge in [0.1, 0.15) is 11.6 Å². The Balaban J connectivity index is 3.17. The summed E-state index contributed by atoms with van der Waals surface area (Å²) in [5.41, 5.74) is 0. The van der Waals surface area contributed by atoms with E-state index >= 15 is 0 Å². The molecule has 0 saturated heterocycles. The van der Waals surface area contributed by atoms with Gasteiger partial charge in [-0.3, -0.25) is 0 Å². The van der Waals surface area contributed by atoms with Crippen molar-refractivity contribution in [3.63, 3.8) is 0 Å². The van der Waals surface area contributed by atoms with Crippen LogP contribution in [-0.2, 0) is 0 Å². The smallest absolute Gasteiger partial charge is 0.140 e. The number of benzene rings is 1. The summed E-state index contributed by atoms with van der Waals surface area (Å²) in [5, 5.41) is 0. The Hall–Kier alpha value is -0.280. The first-order chi connectivity index (χ1) is 4.75. The monoisotopic (exact) mass is 180 g/mol. The number of halogens is 3. The molecule has 0 amide bonds. The molecule has 4 heteroatoms. The minimum Gasteiger partial charge on any atom is -0.206 e. The van der Waals surface area contributed by atoms with Gasteiger partial charge in [-0.15, -0.1) is 0 Å². The fraction of sp³-hybridized carbons (Fsp3) is 0. The van der Waals surface area contributed by atoms with Gasteiger partial charge < -0.3 is 0 Å². The summed E-state index contributed by atoms with van der Waals surface area (Å²) in [6, 6.07) is 3.61. The average Bonchev–Trinajstić information content (AvgIpc) is 1.88. The van der Waals surface area contributed by atoms with E-state index in [1.807, 2.05) is 0 Å². The lowest BCUT2D eigenvalue weighted by Crippen LogP contribution is -1.82. The number of rotatable bonds is 1. The summed E-state index contributed by atoms with van der Waals surface area (Å²) in [6.45, 7) is 0. The molecule has 0 aliphatic heterocycles. The fourth-order valence-electron chi connectivity index (χ4n) is 0.556. The lowest BCUT2D eigenvalue weighted by molar-refractivity contribution is 0.541. The van der Waals surface area contributed by atoms with E-state index < -0.39 is 11.6 Å². The van der Waals surface area contributed by atoms with Crippen LogP contribution in [0.5, 0.6) is 0 Å². The zero-order valence-electron chi connectivity index (χ0n) is 4.77. The van der Waals surface area contributed by atoms with Gasteiger partial charge in [-0.25, -0.2) is 8.78 Å². The Morgan fingerprint density at radius 2 is 1.70 bits per heavy atom. The van der Waals surface area contributed by atoms with Crippen LogP contribution < -0.4 is 0 Å². The standard InChI is InChI=1S/C6H3ClF2S/c7-10-6-4(8)2-1-3-5(6)9/h1-3H. The van der Waals surface area contributed by atoms with Gasteiger partial charge in [-0.05, 0) is 33.8 Å². The first-order valence-electron chi connectivity index (χ1n) is 2.48. The summed E-state index contributed by atoms with van der Waals surface area (Å²) >= 11 is 0. The van der Waals surface area contributed by atoms with Gasteiger partial charge in [0, 0.05) is 0 Å². The predicted molar refractivity (Wildman–Crippen MR) is 38.1 cm³/mol. The average molecular weight is 181 g/mol. The summed E-state index contributed by atoms with van der Waals surface area (Å²) in [6.07, 6.45) is 0. The van der Waals surface area contributed by atoms with Crippen molar-refractivity contribution in [3.8, 4) is 0 Å². The van der Waals surface area contributed by atoms with Crippen LogP contribution in [0.15, 0.2) is 23.1 Å². The Labute approximate surface area is 65.7 Å². The van der Waals surface area contributed by atoms with E-state index in [1.54, 1.807) is 0 Å². The zero-order chi connectivity index (χ0) is 7.56. The van der Waals surface area contributed by atoms with Crippen molar-refractivity contribution in [1.82, 2.24) is 0 Å². The Morgan fingerprint density at radius 3 is 2.00 bits per heavy atom. The SMILES string of the molecule is Fc1cccc(F)c1SCl. The van der Waals surface area contributed by atoms with E-state index in [0.717, 1.165) is 12.1 Å². The zero-order valence-corrected chi connectivity index (χ0v) is 6.35. The summed E-state index contributed by atoms with van der Waals surface area (Å²) in [4.78, 5) is -0.149. The van der Waals surface area contributed by atoms with Crippen LogP contribution in [0.25, 0.3) is 0 Å². The van der Waals surface area contributed by atoms with Gasteiger partial charge in [-0.2, -0.15) is 0 Å². The normalized spacial score (nSPS) is 9.90. The van der Waals surface area contributed by atoms with Crippen molar-refractivity contribution in [2.75, 3.05) is 0 Å². The molecule has 0 nitrogen and oxygen atoms in total. The molecule has 0 fully saturated rings. The van der Waals surface area contributed by atoms with Gasteiger partial charge >= 0.3 is 0 Å². The third-order valence-corrected chi connectivity index (χ3v) is 2.00. The Morgan fingerprint density at radius 1 is 1.20 bits per heavy atom. The van der Waals surface area contributed by atoms with Crippen LogP contribution in [0.1, 0.15) is 0 Å². The highest BCUT2D eigenvalue weighted by molar-refractivity contribution is 8.21. The molecule has 0 atom stereocenters. The molecule has 54 valence electrons. The molecule has 0 heterocycles. The van der Waals surface area contributed by atoms with Crippen LogP contribution in [0, 0.1) is 11.6 Å². The van der Waals surface area contributed by atoms with Gasteiger partial charge in [0.25, 0.3) is 0 Å². The predicted octanol–water partition coefficient (Wildman–Crippen LogP) is 3.21. The maximum atomic E-state index is 12.5. The van der Waals surface area contributed by atoms with Crippen LogP contribution in [0.4, 0.5) is 8.78 Å². The summed E-state index contributed by atoms with van der Waals surface area (Å²) in [5.74, 6) is -1.25. The summed E-state index contributed by atoms with van der Waals surface area (Å²) < 4.78 is 25.0. The van der Waals surface area contributed by atoms with Gasteiger partial charge in [0.2, 0.25) is 0 Å². The van der Waals surface area contributed by atoms with Crippen molar-refractivity contribution < 1.29 is 8.78 Å². The van der Waals surface area contributed by atoms with E-state index in [0.29, 0.717) is 11.0 Å². The highest BCUT2D eigenvalue weighted by atomic mass is 35.7. The molecule has 10 heavy (non-hydrogen) atoms. The molecule has 0 aliphatic rings. The maximum absolute atomic E-state index is 12.5. The molecule has 0 bridgehead atoms. The highest BCUT2D eigenvalue weighted by Gasteiger charge is 2.06. The maximum Gasteiger partial charge on any atom is 0.140 e. The van der Waals surface area contributed by atoms with E-state index in [-0.39, 0.29) is 4.90 Å². The third kappa shape index (κ3) is 1.41. The lowest BCUT2D eigenvalue weighted by Gasteiger charge is -1.96. The fourth-order valence-corrected chi connectivity index (χ4v) is 1.28. The minimum absolute atomic E-state index is 0.149. The molecule has 0 radical (unpaired) electrons. The van der Waals surface area contributed by atoms with Crippen molar-refractivity contribution in [3.05, 3.63) is 29.8 Å². The topological polar surface area (TPSA) is 0 Å². The molecular formula is C6H3ClF2S. The van der Waals surface area contributed by atoms with Crippen LogP contribution in [0.2, 0.25) is 0 Å². The molecule has 0 aromatic heterocycles. The number of hydrogen-bond donors (Lipinski definition) is 0. The molecule has 1 aromatic carbocycles. The van der Waals surface area contributed by atoms with Crippen molar-refractivity contribution in [2.45, 2.75) is 4.90 Å². The van der Waals surface area contributed by atoms with Crippen molar-refractivity contribution >= 4 is 21.7 Å². The molecule has 1 aromatic rings. The highest BCUT2D eigenvalue weighted by Crippen LogP contribution is 2.27. The Bertz CT molecular complexity index is 219. The van der Waals surface area contributed by atoms with E-state index in [9.17, 15) is 8.78 Å². The number of hydrogen-bond acceptors (Lipinski definition) is 1. The largest absolute Gasteiger partial charge is 0.206 e. The molecule has 1 rings (SSSR count). The molecule has 0 N–H and O–H groups in total. The van der Waals surface area contributed by atoms with Gasteiger partial charge in [0.05, 0.1) is 4.90 Å². The molecule has 0 aliphatic carbocycles. The molecular weight excluding hydrogens is 178 g/mol. The van der Waals surface area contributed by atoms with Crippen LogP contribution in [0.3, 0.4) is 0 Å². The van der Waals surface area contributed by atoms with Crippen LogP contribution >= 0.6 is 21.7 Å². The Kier molecular flexibility index (Phi) is 2.51. The van der Waals surface area contributed by atoms with Crippen molar-refractivity contribution in [1.29, 1.82) is 0 Å². The van der Waals surface area contributed by atoms with E-state index in [1.165, 1.54) is 6.07 Å². The van der Waals surface area contributed by atoms with E-state index in [4.69, 9.17) is 10.7 Å². The summed E-state index contributed by atoms with van der Waals surface area (Å²) in [7, 11) is 5.72. The second-order valence-corrected chi connectivity index (χ2v) is 2.65. The molecule has 0 saturated carbocycles. The van der Waals surface area contributed by atoms with E-state index in [2.05, 4.69) is 0 Å². The van der Waals surface area contributed by atoms with Gasteiger partial charge in [-0.1, -0.05) is 6.07 Å². The molecule has 0 unspecified atom stereocenters. The second-order valence-electron chi connectivity index (χ2n) is 1.63. The third-order valence-electron chi connectivity index (χ3n) is 0.996. The quantitative estimate of drug-likeness (QED) is 0.640. The molecule has 0 spiro atoms. The van der Waals surface area contributed by atoms with Crippen LogP contribution in [-0.4, -0.2) is 0 Å². The minimum atomic E-state index is -0.625.